The van der Waals surface area contributed by atoms with E-state index in [4.69, 9.17) is 4.74 Å². The van der Waals surface area contributed by atoms with Crippen molar-refractivity contribution in [2.24, 2.45) is 0 Å². The van der Waals surface area contributed by atoms with Gasteiger partial charge in [-0.1, -0.05) is 18.2 Å². The smallest absolute Gasteiger partial charge is 0.338 e. The molecule has 10 nitrogen and oxygen atoms in total. The number of hydrogen-bond donors (Lipinski definition) is 3. The van der Waals surface area contributed by atoms with E-state index in [0.29, 0.717) is 11.3 Å². The van der Waals surface area contributed by atoms with E-state index in [2.05, 4.69) is 20.8 Å². The van der Waals surface area contributed by atoms with E-state index in [1.807, 2.05) is 18.2 Å². The van der Waals surface area contributed by atoms with Crippen LogP contribution in [0.25, 0.3) is 10.9 Å². The van der Waals surface area contributed by atoms with Gasteiger partial charge >= 0.3 is 12.0 Å². The number of nitrogens with one attached hydrogen (secondary N) is 3. The molecule has 1 unspecified atom stereocenters. The molecule has 0 saturated carbocycles. The van der Waals surface area contributed by atoms with E-state index in [0.717, 1.165) is 16.5 Å². The molecule has 0 spiro atoms. The number of H-pyrrole nitrogens is 1. The molecule has 0 radical (unpaired) electrons. The van der Waals surface area contributed by atoms with Crippen molar-refractivity contribution in [3.05, 3.63) is 81.2 Å². The van der Waals surface area contributed by atoms with Gasteiger partial charge in [-0.15, -0.1) is 0 Å². The molecule has 4 rings (SSSR count). The summed E-state index contributed by atoms with van der Waals surface area (Å²) < 4.78 is 5.48. The lowest BCUT2D eigenvalue weighted by molar-refractivity contribution is -0.384. The summed E-state index contributed by atoms with van der Waals surface area (Å²) in [5, 5.41) is 24.0. The number of amides is 2. The van der Waals surface area contributed by atoms with Crippen LogP contribution in [0.2, 0.25) is 0 Å². The Morgan fingerprint density at radius 3 is 2.90 bits per heavy atom. The number of nitro groups is 1. The van der Waals surface area contributed by atoms with Crippen LogP contribution in [0.4, 0.5) is 10.5 Å². The highest BCUT2D eigenvalue weighted by molar-refractivity contribution is 5.95. The molecule has 0 aliphatic carbocycles. The Hall–Kier alpha value is -4.21. The van der Waals surface area contributed by atoms with Crippen molar-refractivity contribution in [1.29, 1.82) is 0 Å². The predicted molar refractivity (Wildman–Crippen MR) is 106 cm³/mol. The predicted octanol–water partition coefficient (Wildman–Crippen LogP) is 2.84. The topological polar surface area (TPSA) is 139 Å². The lowest BCUT2D eigenvalue weighted by Crippen LogP contribution is -2.45. The Bertz CT molecular complexity index is 1200. The summed E-state index contributed by atoms with van der Waals surface area (Å²) in [5.74, 6) is -0.635. The number of carbonyl (C=O) groups excluding carboxylic acids is 2. The number of non-ortho nitro benzene ring substituents is 1. The largest absolute Gasteiger partial charge is 0.457 e. The van der Waals surface area contributed by atoms with Gasteiger partial charge in [0.2, 0.25) is 0 Å². The molecule has 0 bridgehead atoms. The van der Waals surface area contributed by atoms with Crippen LogP contribution in [0.5, 0.6) is 0 Å². The first-order chi connectivity index (χ1) is 14.4. The fraction of sp³-hybridized carbons (Fsp3) is 0.150. The van der Waals surface area contributed by atoms with Gasteiger partial charge in [0.25, 0.3) is 5.69 Å². The van der Waals surface area contributed by atoms with Crippen LogP contribution in [0, 0.1) is 10.1 Å². The molecule has 10 heteroatoms. The number of rotatable bonds is 5. The van der Waals surface area contributed by atoms with Crippen molar-refractivity contribution in [3.8, 4) is 0 Å². The summed E-state index contributed by atoms with van der Waals surface area (Å²) in [6.45, 7) is 1.60. The minimum Gasteiger partial charge on any atom is -0.457 e. The maximum Gasteiger partial charge on any atom is 0.338 e. The highest BCUT2D eigenvalue weighted by atomic mass is 16.6. The number of aromatic nitrogens is 2. The van der Waals surface area contributed by atoms with Gasteiger partial charge in [0.1, 0.15) is 6.61 Å². The quantitative estimate of drug-likeness (QED) is 0.338. The number of hydrogen-bond acceptors (Lipinski definition) is 6. The van der Waals surface area contributed by atoms with Crippen LogP contribution in [0.3, 0.4) is 0 Å². The van der Waals surface area contributed by atoms with Crippen molar-refractivity contribution in [2.45, 2.75) is 19.6 Å². The summed E-state index contributed by atoms with van der Waals surface area (Å²) in [7, 11) is 0. The van der Waals surface area contributed by atoms with Gasteiger partial charge in [0.15, 0.2) is 0 Å². The molecule has 3 aromatic rings. The van der Waals surface area contributed by atoms with Crippen molar-refractivity contribution in [2.75, 3.05) is 0 Å². The molecule has 1 atom stereocenters. The van der Waals surface area contributed by atoms with E-state index in [1.165, 1.54) is 18.2 Å². The number of aromatic amines is 1. The monoisotopic (exact) mass is 407 g/mol. The minimum absolute atomic E-state index is 0.0202. The van der Waals surface area contributed by atoms with Crippen LogP contribution in [0.15, 0.2) is 59.9 Å². The second-order valence-electron chi connectivity index (χ2n) is 6.79. The standard InChI is InChI=1S/C20H17N5O5/c1-11-17(19(26)30-10-12-5-6-16-14(7-12)9-21-24-16)18(23-20(27)22-11)13-3-2-4-15(8-13)25(28)29/h2-9,18H,10H2,1H3,(H,21,24)(H2,22,23,27). The van der Waals surface area contributed by atoms with E-state index >= 15 is 0 Å². The molecule has 2 heterocycles. The maximum atomic E-state index is 12.9. The van der Waals surface area contributed by atoms with Crippen LogP contribution in [-0.2, 0) is 16.1 Å². The van der Waals surface area contributed by atoms with Crippen molar-refractivity contribution >= 4 is 28.6 Å². The van der Waals surface area contributed by atoms with Crippen LogP contribution in [-0.4, -0.2) is 27.1 Å². The van der Waals surface area contributed by atoms with Gasteiger partial charge in [-0.2, -0.15) is 5.10 Å². The van der Waals surface area contributed by atoms with Crippen LogP contribution >= 0.6 is 0 Å². The molecule has 2 aromatic carbocycles. The first-order valence-corrected chi connectivity index (χ1v) is 9.04. The third kappa shape index (κ3) is 3.70. The lowest BCUT2D eigenvalue weighted by atomic mass is 9.95. The fourth-order valence-corrected chi connectivity index (χ4v) is 3.34. The number of esters is 1. The molecule has 1 aliphatic rings. The number of nitro benzene ring substituents is 1. The van der Waals surface area contributed by atoms with E-state index in [1.54, 1.807) is 19.2 Å². The second kappa shape index (κ2) is 7.66. The number of allylic oxidation sites excluding steroid dienone is 1. The van der Waals surface area contributed by atoms with Gasteiger partial charge < -0.3 is 15.4 Å². The lowest BCUT2D eigenvalue weighted by Gasteiger charge is -2.28. The van der Waals surface area contributed by atoms with E-state index < -0.39 is 23.0 Å². The molecule has 1 aromatic heterocycles. The second-order valence-corrected chi connectivity index (χ2v) is 6.79. The van der Waals surface area contributed by atoms with Gasteiger partial charge in [0.05, 0.1) is 28.3 Å². The average Bonchev–Trinajstić information content (AvgIpc) is 3.19. The summed E-state index contributed by atoms with van der Waals surface area (Å²) >= 11 is 0. The van der Waals surface area contributed by atoms with Crippen molar-refractivity contribution in [3.63, 3.8) is 0 Å². The number of urea groups is 1. The zero-order chi connectivity index (χ0) is 21.3. The Balaban J connectivity index is 1.59. The maximum absolute atomic E-state index is 12.9. The molecule has 3 N–H and O–H groups in total. The first kappa shape index (κ1) is 19.1. The Kier molecular flexibility index (Phi) is 4.88. The van der Waals surface area contributed by atoms with Crippen molar-refractivity contribution < 1.29 is 19.2 Å². The summed E-state index contributed by atoms with van der Waals surface area (Å²) in [6, 6.07) is 9.89. The highest BCUT2D eigenvalue weighted by Gasteiger charge is 2.33. The van der Waals surface area contributed by atoms with E-state index in [-0.39, 0.29) is 17.9 Å². The summed E-state index contributed by atoms with van der Waals surface area (Å²) in [5.41, 5.74) is 2.41. The molecular weight excluding hydrogens is 390 g/mol. The number of benzene rings is 2. The fourth-order valence-electron chi connectivity index (χ4n) is 3.34. The van der Waals surface area contributed by atoms with Crippen LogP contribution in [0.1, 0.15) is 24.1 Å². The molecule has 0 fully saturated rings. The van der Waals surface area contributed by atoms with Crippen LogP contribution < -0.4 is 10.6 Å². The number of nitrogens with zero attached hydrogens (tertiary/aromatic N) is 2. The summed E-state index contributed by atoms with van der Waals surface area (Å²) in [6.07, 6.45) is 1.67. The number of ether oxygens (including phenoxy) is 1. The zero-order valence-electron chi connectivity index (χ0n) is 15.8. The zero-order valence-corrected chi connectivity index (χ0v) is 15.8. The van der Waals surface area contributed by atoms with E-state index in [9.17, 15) is 19.7 Å². The molecule has 30 heavy (non-hydrogen) atoms. The van der Waals surface area contributed by atoms with Gasteiger partial charge in [-0.3, -0.25) is 15.2 Å². The van der Waals surface area contributed by atoms with Crippen molar-refractivity contribution in [1.82, 2.24) is 20.8 Å². The third-order valence-corrected chi connectivity index (χ3v) is 4.78. The number of fused-ring (bicyclic) bond motifs is 1. The van der Waals surface area contributed by atoms with Gasteiger partial charge in [-0.25, -0.2) is 9.59 Å². The normalized spacial score (nSPS) is 16.2. The first-order valence-electron chi connectivity index (χ1n) is 9.04. The molecule has 152 valence electrons. The van der Waals surface area contributed by atoms with Gasteiger partial charge in [-0.05, 0) is 30.2 Å². The molecule has 2 amide bonds. The minimum atomic E-state index is -0.873. The average molecular weight is 407 g/mol. The molecule has 1 aliphatic heterocycles. The summed E-state index contributed by atoms with van der Waals surface area (Å²) in [4.78, 5) is 35.4. The number of carbonyl (C=O) groups is 2. The van der Waals surface area contributed by atoms with Gasteiger partial charge in [0, 0.05) is 23.2 Å². The third-order valence-electron chi connectivity index (χ3n) is 4.78. The Morgan fingerprint density at radius 1 is 1.27 bits per heavy atom. The molecule has 0 saturated heterocycles. The molecular formula is C20H17N5O5. The highest BCUT2D eigenvalue weighted by Crippen LogP contribution is 2.30. The SMILES string of the molecule is CC1=C(C(=O)OCc2ccc3[nH]ncc3c2)C(c2cccc([N+](=O)[O-])c2)NC(=O)N1. The Morgan fingerprint density at radius 2 is 2.10 bits per heavy atom. The Labute approximate surface area is 170 Å².